The SMILES string of the molecule is CCC(CC)CNC(=NC)NCC1(CCOC)CCC1.I. The fourth-order valence-corrected chi connectivity index (χ4v) is 2.82. The van der Waals surface area contributed by atoms with Crippen molar-refractivity contribution in [2.75, 3.05) is 33.9 Å². The Kier molecular flexibility index (Phi) is 11.5. The number of hydrogen-bond acceptors (Lipinski definition) is 2. The molecule has 0 aromatic rings. The molecule has 0 aromatic carbocycles. The van der Waals surface area contributed by atoms with Gasteiger partial charge in [-0.15, -0.1) is 24.0 Å². The number of rotatable bonds is 9. The van der Waals surface area contributed by atoms with E-state index in [1.165, 1.54) is 32.1 Å². The first-order chi connectivity index (χ1) is 9.69. The molecule has 0 radical (unpaired) electrons. The van der Waals surface area contributed by atoms with Crippen molar-refractivity contribution in [1.29, 1.82) is 0 Å². The highest BCUT2D eigenvalue weighted by Crippen LogP contribution is 2.43. The normalized spacial score (nSPS) is 17.1. The van der Waals surface area contributed by atoms with Crippen LogP contribution in [-0.2, 0) is 4.74 Å². The highest BCUT2D eigenvalue weighted by Gasteiger charge is 2.36. The zero-order valence-corrected chi connectivity index (χ0v) is 16.5. The van der Waals surface area contributed by atoms with Gasteiger partial charge >= 0.3 is 0 Å². The zero-order valence-electron chi connectivity index (χ0n) is 14.2. The Labute approximate surface area is 147 Å². The van der Waals surface area contributed by atoms with Crippen LogP contribution in [0.4, 0.5) is 0 Å². The van der Waals surface area contributed by atoms with Crippen LogP contribution < -0.4 is 10.6 Å². The van der Waals surface area contributed by atoms with Crippen LogP contribution in [0.15, 0.2) is 4.99 Å². The van der Waals surface area contributed by atoms with Gasteiger partial charge in [-0.2, -0.15) is 0 Å². The van der Waals surface area contributed by atoms with Crippen LogP contribution in [0.5, 0.6) is 0 Å². The van der Waals surface area contributed by atoms with Gasteiger partial charge in [0.2, 0.25) is 0 Å². The fraction of sp³-hybridized carbons (Fsp3) is 0.938. The summed E-state index contributed by atoms with van der Waals surface area (Å²) in [6.07, 6.45) is 7.57. The van der Waals surface area contributed by atoms with E-state index < -0.39 is 0 Å². The molecule has 2 N–H and O–H groups in total. The summed E-state index contributed by atoms with van der Waals surface area (Å²) in [6, 6.07) is 0. The number of ether oxygens (including phenoxy) is 1. The Morgan fingerprint density at radius 3 is 2.33 bits per heavy atom. The van der Waals surface area contributed by atoms with Gasteiger partial charge in [-0.25, -0.2) is 0 Å². The summed E-state index contributed by atoms with van der Waals surface area (Å²) >= 11 is 0. The molecular formula is C16H34IN3O. The first-order valence-electron chi connectivity index (χ1n) is 8.13. The van der Waals surface area contributed by atoms with E-state index in [9.17, 15) is 0 Å². The van der Waals surface area contributed by atoms with E-state index in [1.54, 1.807) is 7.11 Å². The Morgan fingerprint density at radius 2 is 1.90 bits per heavy atom. The molecule has 1 aliphatic carbocycles. The molecule has 1 saturated carbocycles. The molecule has 1 aliphatic rings. The Hall–Kier alpha value is -0.0400. The lowest BCUT2D eigenvalue weighted by molar-refractivity contribution is 0.0732. The van der Waals surface area contributed by atoms with Crippen LogP contribution in [0.25, 0.3) is 0 Å². The maximum atomic E-state index is 5.24. The van der Waals surface area contributed by atoms with E-state index in [4.69, 9.17) is 4.74 Å². The summed E-state index contributed by atoms with van der Waals surface area (Å²) in [4.78, 5) is 4.33. The summed E-state index contributed by atoms with van der Waals surface area (Å²) in [5, 5.41) is 6.96. The quantitative estimate of drug-likeness (QED) is 0.347. The first kappa shape index (κ1) is 21.0. The van der Waals surface area contributed by atoms with E-state index in [0.29, 0.717) is 5.41 Å². The molecular weight excluding hydrogens is 377 g/mol. The molecule has 0 unspecified atom stereocenters. The molecule has 126 valence electrons. The molecule has 0 heterocycles. The van der Waals surface area contributed by atoms with Crippen molar-refractivity contribution in [3.05, 3.63) is 0 Å². The summed E-state index contributed by atoms with van der Waals surface area (Å²) in [6.45, 7) is 7.39. The maximum Gasteiger partial charge on any atom is 0.191 e. The Balaban J connectivity index is 0.00000400. The molecule has 4 nitrogen and oxygen atoms in total. The second-order valence-corrected chi connectivity index (χ2v) is 6.09. The summed E-state index contributed by atoms with van der Waals surface area (Å²) < 4.78 is 5.24. The van der Waals surface area contributed by atoms with Gasteiger partial charge in [0.05, 0.1) is 0 Å². The fourth-order valence-electron chi connectivity index (χ4n) is 2.82. The van der Waals surface area contributed by atoms with Crippen molar-refractivity contribution in [2.45, 2.75) is 52.4 Å². The maximum absolute atomic E-state index is 5.24. The smallest absolute Gasteiger partial charge is 0.191 e. The summed E-state index contributed by atoms with van der Waals surface area (Å²) in [5.74, 6) is 1.68. The molecule has 0 atom stereocenters. The van der Waals surface area contributed by atoms with Gasteiger partial charge in [0, 0.05) is 33.9 Å². The van der Waals surface area contributed by atoms with Gasteiger partial charge in [-0.1, -0.05) is 33.1 Å². The zero-order chi connectivity index (χ0) is 14.8. The van der Waals surface area contributed by atoms with Gasteiger partial charge < -0.3 is 15.4 Å². The van der Waals surface area contributed by atoms with Crippen molar-refractivity contribution >= 4 is 29.9 Å². The third kappa shape index (κ3) is 7.17. The van der Waals surface area contributed by atoms with Crippen molar-refractivity contribution in [3.63, 3.8) is 0 Å². The molecule has 0 amide bonds. The Bertz CT molecular complexity index is 289. The molecule has 1 rings (SSSR count). The van der Waals surface area contributed by atoms with Crippen LogP contribution in [0.3, 0.4) is 0 Å². The number of halogens is 1. The number of hydrogen-bond donors (Lipinski definition) is 2. The lowest BCUT2D eigenvalue weighted by Gasteiger charge is -2.42. The second kappa shape index (κ2) is 11.5. The lowest BCUT2D eigenvalue weighted by atomic mass is 9.67. The topological polar surface area (TPSA) is 45.7 Å². The Morgan fingerprint density at radius 1 is 1.24 bits per heavy atom. The number of guanidine groups is 1. The van der Waals surface area contributed by atoms with Crippen LogP contribution in [0, 0.1) is 11.3 Å². The number of aliphatic imine (C=N–C) groups is 1. The highest BCUT2D eigenvalue weighted by molar-refractivity contribution is 14.0. The van der Waals surface area contributed by atoms with E-state index in [-0.39, 0.29) is 24.0 Å². The highest BCUT2D eigenvalue weighted by atomic mass is 127. The molecule has 0 aromatic heterocycles. The summed E-state index contributed by atoms with van der Waals surface area (Å²) in [7, 11) is 3.64. The second-order valence-electron chi connectivity index (χ2n) is 6.09. The van der Waals surface area contributed by atoms with E-state index >= 15 is 0 Å². The minimum absolute atomic E-state index is 0. The number of nitrogens with one attached hydrogen (secondary N) is 2. The third-order valence-electron chi connectivity index (χ3n) is 4.82. The van der Waals surface area contributed by atoms with Gasteiger partial charge in [-0.3, -0.25) is 4.99 Å². The monoisotopic (exact) mass is 411 g/mol. The molecule has 0 aliphatic heterocycles. The average Bonchev–Trinajstić information content (AvgIpc) is 2.44. The van der Waals surface area contributed by atoms with E-state index in [2.05, 4.69) is 29.5 Å². The largest absolute Gasteiger partial charge is 0.385 e. The third-order valence-corrected chi connectivity index (χ3v) is 4.82. The minimum Gasteiger partial charge on any atom is -0.385 e. The van der Waals surface area contributed by atoms with Gasteiger partial charge in [0.1, 0.15) is 0 Å². The van der Waals surface area contributed by atoms with Crippen LogP contribution in [0.2, 0.25) is 0 Å². The lowest BCUT2D eigenvalue weighted by Crippen LogP contribution is -2.47. The minimum atomic E-state index is 0. The van der Waals surface area contributed by atoms with Crippen LogP contribution >= 0.6 is 24.0 Å². The number of nitrogens with zero attached hydrogens (tertiary/aromatic N) is 1. The van der Waals surface area contributed by atoms with Crippen molar-refractivity contribution < 1.29 is 4.74 Å². The molecule has 5 heteroatoms. The molecule has 0 spiro atoms. The van der Waals surface area contributed by atoms with E-state index in [0.717, 1.165) is 38.0 Å². The van der Waals surface area contributed by atoms with Gasteiger partial charge in [0.15, 0.2) is 5.96 Å². The first-order valence-corrected chi connectivity index (χ1v) is 8.13. The average molecular weight is 411 g/mol. The molecule has 0 saturated heterocycles. The molecule has 21 heavy (non-hydrogen) atoms. The predicted octanol–water partition coefficient (Wildman–Crippen LogP) is 3.41. The van der Waals surface area contributed by atoms with Crippen LogP contribution in [-0.4, -0.2) is 39.8 Å². The van der Waals surface area contributed by atoms with Gasteiger partial charge in [0.25, 0.3) is 0 Å². The van der Waals surface area contributed by atoms with Crippen molar-refractivity contribution in [2.24, 2.45) is 16.3 Å². The molecule has 1 fully saturated rings. The van der Waals surface area contributed by atoms with E-state index in [1.807, 2.05) is 7.05 Å². The summed E-state index contributed by atoms with van der Waals surface area (Å²) in [5.41, 5.74) is 0.433. The van der Waals surface area contributed by atoms with Gasteiger partial charge in [-0.05, 0) is 30.6 Å². The van der Waals surface area contributed by atoms with Crippen molar-refractivity contribution in [1.82, 2.24) is 10.6 Å². The number of methoxy groups -OCH3 is 1. The predicted molar refractivity (Wildman–Crippen MR) is 102 cm³/mol. The van der Waals surface area contributed by atoms with Crippen molar-refractivity contribution in [3.8, 4) is 0 Å². The standard InChI is InChI=1S/C16H33N3O.HI/c1-5-14(6-2)12-18-15(17-3)19-13-16(8-7-9-16)10-11-20-4;/h14H,5-13H2,1-4H3,(H2,17,18,19);1H. The molecule has 0 bridgehead atoms. The van der Waals surface area contributed by atoms with Crippen LogP contribution in [0.1, 0.15) is 52.4 Å².